The van der Waals surface area contributed by atoms with Crippen LogP contribution in [0.5, 0.6) is 0 Å². The minimum absolute atomic E-state index is 0.139. The van der Waals surface area contributed by atoms with Crippen LogP contribution in [0.2, 0.25) is 19.6 Å². The topological polar surface area (TPSA) is 0 Å². The molecule has 0 spiro atoms. The molecule has 0 radical (unpaired) electrons. The average molecular weight is 120 g/mol. The second kappa shape index (κ2) is 9.31. The van der Waals surface area contributed by atoms with Crippen molar-refractivity contribution in [3.63, 3.8) is 0 Å². The Hall–Kier alpha value is -0.113. The summed E-state index contributed by atoms with van der Waals surface area (Å²) in [5.74, 6) is 0. The van der Waals surface area contributed by atoms with Crippen LogP contribution in [-0.2, 0) is 0 Å². The third-order valence-electron chi connectivity index (χ3n) is 0. The van der Waals surface area contributed by atoms with Crippen LogP contribution in [0.25, 0.3) is 0 Å². The van der Waals surface area contributed by atoms with Crippen LogP contribution in [0, 0.1) is 0 Å². The lowest BCUT2D eigenvalue weighted by molar-refractivity contribution is 0.725. The predicted octanol–water partition coefficient (Wildman–Crippen LogP) is 2.20. The summed E-state index contributed by atoms with van der Waals surface area (Å²) in [4.78, 5) is 0. The van der Waals surface area contributed by atoms with Gasteiger partial charge in [0.05, 0.1) is 6.33 Å². The lowest BCUT2D eigenvalue weighted by Crippen LogP contribution is -1.84. The standard InChI is InChI=1S/C3H10Si.C2H3F/c1-4(2)3;1-2-3/h4H,1-3H3;2H,1H2. The number of hydrogen-bond donors (Lipinski definition) is 0. The maximum absolute atomic E-state index is 10.1. The smallest absolute Gasteiger partial charge is 0.0795 e. The van der Waals surface area contributed by atoms with Crippen LogP contribution < -0.4 is 0 Å². The Labute approximate surface area is 46.7 Å². The Morgan fingerprint density at radius 3 is 1.43 bits per heavy atom. The van der Waals surface area contributed by atoms with Crippen molar-refractivity contribution in [2.45, 2.75) is 19.6 Å². The van der Waals surface area contributed by atoms with Gasteiger partial charge in [-0.25, -0.2) is 4.39 Å². The quantitative estimate of drug-likeness (QED) is 0.430. The highest BCUT2D eigenvalue weighted by Gasteiger charge is 1.71. The first-order valence-electron chi connectivity index (χ1n) is 2.36. The second-order valence-corrected chi connectivity index (χ2v) is 5.35. The number of halogens is 1. The fraction of sp³-hybridized carbons (Fsp3) is 0.600. The molecule has 2 heteroatoms. The van der Waals surface area contributed by atoms with E-state index in [1.54, 1.807) is 0 Å². The third-order valence-corrected chi connectivity index (χ3v) is 0. The Morgan fingerprint density at radius 1 is 1.43 bits per heavy atom. The molecule has 0 aliphatic heterocycles. The molecule has 0 atom stereocenters. The molecule has 44 valence electrons. The highest BCUT2D eigenvalue weighted by molar-refractivity contribution is 6.54. The van der Waals surface area contributed by atoms with Gasteiger partial charge in [0, 0.05) is 8.80 Å². The van der Waals surface area contributed by atoms with Gasteiger partial charge in [-0.15, -0.1) is 0 Å². The van der Waals surface area contributed by atoms with Crippen LogP contribution in [0.15, 0.2) is 12.9 Å². The highest BCUT2D eigenvalue weighted by Crippen LogP contribution is 1.68. The van der Waals surface area contributed by atoms with E-state index in [-0.39, 0.29) is 15.1 Å². The molecule has 0 rings (SSSR count). The van der Waals surface area contributed by atoms with Crippen LogP contribution >= 0.6 is 0 Å². The van der Waals surface area contributed by atoms with Gasteiger partial charge >= 0.3 is 0 Å². The van der Waals surface area contributed by atoms with Crippen molar-refractivity contribution in [3.05, 3.63) is 12.9 Å². The first-order chi connectivity index (χ1) is 3.15. The van der Waals surface area contributed by atoms with Crippen molar-refractivity contribution in [2.75, 3.05) is 0 Å². The van der Waals surface area contributed by atoms with Crippen molar-refractivity contribution in [3.8, 4) is 0 Å². The zero-order valence-corrected chi connectivity index (χ0v) is 6.39. The molecule has 7 heavy (non-hydrogen) atoms. The second-order valence-electron chi connectivity index (χ2n) is 1.89. The molecular weight excluding hydrogens is 107 g/mol. The summed E-state index contributed by atoms with van der Waals surface area (Å²) < 4.78 is 10.1. The summed E-state index contributed by atoms with van der Waals surface area (Å²) >= 11 is 0. The maximum Gasteiger partial charge on any atom is 0.0795 e. The monoisotopic (exact) mass is 120 g/mol. The molecule has 0 nitrogen and oxygen atoms in total. The van der Waals surface area contributed by atoms with E-state index in [0.717, 1.165) is 0 Å². The summed E-state index contributed by atoms with van der Waals surface area (Å²) in [5, 5.41) is 0. The van der Waals surface area contributed by atoms with Gasteiger partial charge in [0.1, 0.15) is 0 Å². The van der Waals surface area contributed by atoms with E-state index in [1.807, 2.05) is 0 Å². The zero-order chi connectivity index (χ0) is 6.28. The molecule has 0 fully saturated rings. The number of hydrogen-bond acceptors (Lipinski definition) is 0. The van der Waals surface area contributed by atoms with Crippen molar-refractivity contribution in [1.29, 1.82) is 0 Å². The zero-order valence-electron chi connectivity index (χ0n) is 5.24. The molecule has 0 aliphatic rings. The van der Waals surface area contributed by atoms with E-state index >= 15 is 0 Å². The van der Waals surface area contributed by atoms with Gasteiger partial charge in [-0.05, 0) is 0 Å². The Bertz CT molecular complexity index is 32.3. The summed E-state index contributed by atoms with van der Waals surface area (Å²) in [7, 11) is -0.139. The van der Waals surface area contributed by atoms with E-state index < -0.39 is 0 Å². The normalized spacial score (nSPS) is 7.00. The van der Waals surface area contributed by atoms with Crippen molar-refractivity contribution in [1.82, 2.24) is 0 Å². The first kappa shape index (κ1) is 9.99. The van der Waals surface area contributed by atoms with Gasteiger partial charge in [-0.1, -0.05) is 26.2 Å². The van der Waals surface area contributed by atoms with Crippen LogP contribution in [0.4, 0.5) is 4.39 Å². The molecule has 0 aromatic carbocycles. The Balaban J connectivity index is 0. The van der Waals surface area contributed by atoms with Gasteiger partial charge in [0.25, 0.3) is 0 Å². The maximum atomic E-state index is 10.1. The van der Waals surface area contributed by atoms with Crippen LogP contribution in [0.1, 0.15) is 0 Å². The van der Waals surface area contributed by atoms with Crippen LogP contribution in [0.3, 0.4) is 0 Å². The number of rotatable bonds is 0. The van der Waals surface area contributed by atoms with Gasteiger partial charge in [0.15, 0.2) is 0 Å². The Morgan fingerprint density at radius 2 is 1.43 bits per heavy atom. The van der Waals surface area contributed by atoms with E-state index in [0.29, 0.717) is 0 Å². The molecule has 0 bridgehead atoms. The lowest BCUT2D eigenvalue weighted by Gasteiger charge is -1.75. The van der Waals surface area contributed by atoms with E-state index in [2.05, 4.69) is 26.2 Å². The summed E-state index contributed by atoms with van der Waals surface area (Å²) in [6.45, 7) is 9.61. The molecule has 0 aromatic rings. The van der Waals surface area contributed by atoms with Crippen molar-refractivity contribution < 1.29 is 4.39 Å². The molecule has 0 N–H and O–H groups in total. The van der Waals surface area contributed by atoms with Crippen molar-refractivity contribution >= 4 is 8.80 Å². The predicted molar refractivity (Wildman–Crippen MR) is 36.0 cm³/mol. The van der Waals surface area contributed by atoms with Gasteiger partial charge in [0.2, 0.25) is 0 Å². The molecular formula is C5H13FSi. The van der Waals surface area contributed by atoms with Gasteiger partial charge in [-0.3, -0.25) is 0 Å². The summed E-state index contributed by atoms with van der Waals surface area (Å²) in [5.41, 5.74) is 0. The first-order valence-corrected chi connectivity index (χ1v) is 5.82. The molecule has 0 aromatic heterocycles. The lowest BCUT2D eigenvalue weighted by atomic mass is 11.2. The van der Waals surface area contributed by atoms with Crippen LogP contribution in [-0.4, -0.2) is 8.80 Å². The molecule has 0 amide bonds. The minimum atomic E-state index is -0.139. The molecule has 0 saturated heterocycles. The van der Waals surface area contributed by atoms with E-state index in [4.69, 9.17) is 0 Å². The van der Waals surface area contributed by atoms with Gasteiger partial charge < -0.3 is 0 Å². The minimum Gasteiger partial charge on any atom is -0.216 e. The van der Waals surface area contributed by atoms with Crippen molar-refractivity contribution in [2.24, 2.45) is 0 Å². The van der Waals surface area contributed by atoms with Gasteiger partial charge in [-0.2, -0.15) is 0 Å². The molecule has 0 saturated carbocycles. The van der Waals surface area contributed by atoms with E-state index in [9.17, 15) is 4.39 Å². The third kappa shape index (κ3) is 6950. The highest BCUT2D eigenvalue weighted by atomic mass is 28.3. The SMILES string of the molecule is C=CF.C[SiH](C)C. The molecule has 0 aliphatic carbocycles. The molecule has 0 heterocycles. The fourth-order valence-corrected chi connectivity index (χ4v) is 0. The fourth-order valence-electron chi connectivity index (χ4n) is 0. The Kier molecular flexibility index (Phi) is 13.3. The molecule has 0 unspecified atom stereocenters. The summed E-state index contributed by atoms with van der Waals surface area (Å²) in [6.07, 6.45) is 0.250. The largest absolute Gasteiger partial charge is 0.216 e. The average Bonchev–Trinajstić information content (AvgIpc) is 1.33. The summed E-state index contributed by atoms with van der Waals surface area (Å²) in [6, 6.07) is 0. The van der Waals surface area contributed by atoms with E-state index in [1.165, 1.54) is 0 Å².